The molecule has 1 aromatic heterocycles. The molecule has 0 atom stereocenters. The third kappa shape index (κ3) is 4.41. The van der Waals surface area contributed by atoms with Gasteiger partial charge in [-0.25, -0.2) is 18.4 Å². The van der Waals surface area contributed by atoms with Gasteiger partial charge in [0.2, 0.25) is 5.91 Å². The summed E-state index contributed by atoms with van der Waals surface area (Å²) in [7, 11) is -1.60. The first-order valence-corrected chi connectivity index (χ1v) is 9.33. The number of nitrogens with one attached hydrogen (secondary N) is 1. The summed E-state index contributed by atoms with van der Waals surface area (Å²) in [5.74, 6) is 0.366. The van der Waals surface area contributed by atoms with E-state index in [9.17, 15) is 13.2 Å². The Kier molecular flexibility index (Phi) is 4.80. The van der Waals surface area contributed by atoms with Crippen LogP contribution in [0.3, 0.4) is 0 Å². The molecule has 7 nitrogen and oxygen atoms in total. The highest BCUT2D eigenvalue weighted by molar-refractivity contribution is 7.90. The van der Waals surface area contributed by atoms with Gasteiger partial charge in [-0.15, -0.1) is 0 Å². The third-order valence-corrected chi connectivity index (χ3v) is 4.38. The van der Waals surface area contributed by atoms with E-state index in [0.717, 1.165) is 6.26 Å². The molecule has 0 bridgehead atoms. The first-order valence-electron chi connectivity index (χ1n) is 7.44. The SMILES string of the molecule is CN(CC(=O)NC(C)(C)C)c1ncnc2ccc(S(C)(=O)=O)cc12. The number of aromatic nitrogens is 2. The lowest BCUT2D eigenvalue weighted by Gasteiger charge is -2.24. The first-order chi connectivity index (χ1) is 11.0. The Balaban J connectivity index is 2.39. The Morgan fingerprint density at radius 2 is 1.92 bits per heavy atom. The number of carbonyl (C=O) groups excluding carboxylic acids is 1. The summed E-state index contributed by atoms with van der Waals surface area (Å²) in [5, 5.41) is 3.47. The number of anilines is 1. The molecular formula is C16H22N4O3S. The molecule has 0 aliphatic heterocycles. The van der Waals surface area contributed by atoms with E-state index >= 15 is 0 Å². The number of hydrogen-bond acceptors (Lipinski definition) is 6. The zero-order valence-electron chi connectivity index (χ0n) is 14.5. The molecule has 0 aliphatic carbocycles. The van der Waals surface area contributed by atoms with Gasteiger partial charge in [-0.3, -0.25) is 4.79 Å². The van der Waals surface area contributed by atoms with Crippen molar-refractivity contribution in [3.8, 4) is 0 Å². The molecule has 0 aliphatic rings. The number of carbonyl (C=O) groups is 1. The van der Waals surface area contributed by atoms with Gasteiger partial charge in [0, 0.05) is 24.2 Å². The van der Waals surface area contributed by atoms with Crippen LogP contribution in [-0.4, -0.2) is 49.7 Å². The van der Waals surface area contributed by atoms with E-state index in [4.69, 9.17) is 0 Å². The topological polar surface area (TPSA) is 92.3 Å². The van der Waals surface area contributed by atoms with Crippen LogP contribution in [0.4, 0.5) is 5.82 Å². The maximum Gasteiger partial charge on any atom is 0.239 e. The molecule has 0 radical (unpaired) electrons. The van der Waals surface area contributed by atoms with E-state index in [0.29, 0.717) is 16.7 Å². The van der Waals surface area contributed by atoms with E-state index in [2.05, 4.69) is 15.3 Å². The van der Waals surface area contributed by atoms with Crippen LogP contribution in [0.2, 0.25) is 0 Å². The van der Waals surface area contributed by atoms with Crippen LogP contribution < -0.4 is 10.2 Å². The second-order valence-electron chi connectivity index (χ2n) is 6.80. The minimum Gasteiger partial charge on any atom is -0.350 e. The number of likely N-dealkylation sites (N-methyl/N-ethyl adjacent to an activating group) is 1. The second-order valence-corrected chi connectivity index (χ2v) is 8.82. The van der Waals surface area contributed by atoms with Crippen LogP contribution in [0.25, 0.3) is 10.9 Å². The Bertz CT molecular complexity index is 873. The average molecular weight is 350 g/mol. The highest BCUT2D eigenvalue weighted by Crippen LogP contribution is 2.25. The van der Waals surface area contributed by atoms with Crippen LogP contribution in [0.5, 0.6) is 0 Å². The monoisotopic (exact) mass is 350 g/mol. The highest BCUT2D eigenvalue weighted by atomic mass is 32.2. The summed E-state index contributed by atoms with van der Waals surface area (Å²) in [5.41, 5.74) is 0.297. The third-order valence-electron chi connectivity index (χ3n) is 3.27. The molecule has 0 saturated carbocycles. The largest absolute Gasteiger partial charge is 0.350 e. The average Bonchev–Trinajstić information content (AvgIpc) is 2.42. The molecule has 1 amide bonds. The first kappa shape index (κ1) is 18.1. The smallest absolute Gasteiger partial charge is 0.239 e. The van der Waals surface area contributed by atoms with Gasteiger partial charge in [-0.05, 0) is 39.0 Å². The predicted octanol–water partition coefficient (Wildman–Crippen LogP) is 1.38. The Morgan fingerprint density at radius 1 is 1.25 bits per heavy atom. The summed E-state index contributed by atoms with van der Waals surface area (Å²) >= 11 is 0. The second kappa shape index (κ2) is 6.35. The van der Waals surface area contributed by atoms with Gasteiger partial charge in [-0.1, -0.05) is 0 Å². The van der Waals surface area contributed by atoms with E-state index in [1.54, 1.807) is 18.0 Å². The molecule has 0 unspecified atom stereocenters. The van der Waals surface area contributed by atoms with E-state index in [1.165, 1.54) is 18.5 Å². The van der Waals surface area contributed by atoms with Crippen molar-refractivity contribution in [1.82, 2.24) is 15.3 Å². The minimum absolute atomic E-state index is 0.104. The van der Waals surface area contributed by atoms with Crippen LogP contribution in [0, 0.1) is 0 Å². The van der Waals surface area contributed by atoms with Gasteiger partial charge in [-0.2, -0.15) is 0 Å². The molecule has 1 aromatic carbocycles. The van der Waals surface area contributed by atoms with Gasteiger partial charge in [0.25, 0.3) is 0 Å². The van der Waals surface area contributed by atoms with Gasteiger partial charge < -0.3 is 10.2 Å². The van der Waals surface area contributed by atoms with Crippen molar-refractivity contribution >= 4 is 32.5 Å². The Hall–Kier alpha value is -2.22. The maximum absolute atomic E-state index is 12.1. The van der Waals surface area contributed by atoms with Crippen molar-refractivity contribution in [3.05, 3.63) is 24.5 Å². The molecule has 1 N–H and O–H groups in total. The van der Waals surface area contributed by atoms with Crippen molar-refractivity contribution in [2.75, 3.05) is 24.7 Å². The van der Waals surface area contributed by atoms with Crippen molar-refractivity contribution in [1.29, 1.82) is 0 Å². The number of benzene rings is 1. The van der Waals surface area contributed by atoms with E-state index < -0.39 is 9.84 Å². The Morgan fingerprint density at radius 3 is 2.50 bits per heavy atom. The molecule has 2 aromatic rings. The summed E-state index contributed by atoms with van der Waals surface area (Å²) in [4.78, 5) is 22.4. The number of amides is 1. The predicted molar refractivity (Wildman–Crippen MR) is 93.8 cm³/mol. The highest BCUT2D eigenvalue weighted by Gasteiger charge is 2.18. The molecule has 0 fully saturated rings. The van der Waals surface area contributed by atoms with Gasteiger partial charge >= 0.3 is 0 Å². The number of rotatable bonds is 4. The molecule has 2 rings (SSSR count). The zero-order valence-corrected chi connectivity index (χ0v) is 15.3. The Labute approximate surface area is 142 Å². The quantitative estimate of drug-likeness (QED) is 0.896. The van der Waals surface area contributed by atoms with Crippen LogP contribution in [0.15, 0.2) is 29.4 Å². The van der Waals surface area contributed by atoms with Gasteiger partial charge in [0.05, 0.1) is 17.0 Å². The van der Waals surface area contributed by atoms with Crippen molar-refractivity contribution in [2.24, 2.45) is 0 Å². The lowest BCUT2D eigenvalue weighted by Crippen LogP contribution is -2.45. The van der Waals surface area contributed by atoms with E-state index in [-0.39, 0.29) is 22.9 Å². The molecule has 8 heteroatoms. The molecular weight excluding hydrogens is 328 g/mol. The lowest BCUT2D eigenvalue weighted by molar-refractivity contribution is -0.121. The molecule has 24 heavy (non-hydrogen) atoms. The molecule has 0 saturated heterocycles. The number of fused-ring (bicyclic) bond motifs is 1. The van der Waals surface area contributed by atoms with Crippen LogP contribution in [-0.2, 0) is 14.6 Å². The number of sulfone groups is 1. The normalized spacial score (nSPS) is 12.2. The van der Waals surface area contributed by atoms with Gasteiger partial charge in [0.15, 0.2) is 9.84 Å². The number of nitrogens with zero attached hydrogens (tertiary/aromatic N) is 3. The van der Waals surface area contributed by atoms with Crippen molar-refractivity contribution < 1.29 is 13.2 Å². The molecule has 0 spiro atoms. The summed E-state index contributed by atoms with van der Waals surface area (Å²) < 4.78 is 23.5. The zero-order chi connectivity index (χ0) is 18.1. The summed E-state index contributed by atoms with van der Waals surface area (Å²) in [6, 6.07) is 4.69. The standard InChI is InChI=1S/C16H22N4O3S/c1-16(2,3)19-14(21)9-20(4)15-12-8-11(24(5,22)23)6-7-13(12)17-10-18-15/h6-8,10H,9H2,1-5H3,(H,19,21). The van der Waals surface area contributed by atoms with E-state index in [1.807, 2.05) is 20.8 Å². The van der Waals surface area contributed by atoms with Crippen molar-refractivity contribution in [2.45, 2.75) is 31.2 Å². The minimum atomic E-state index is -3.34. The summed E-state index contributed by atoms with van der Waals surface area (Å²) in [6.45, 7) is 5.82. The lowest BCUT2D eigenvalue weighted by atomic mass is 10.1. The fourth-order valence-corrected chi connectivity index (χ4v) is 2.95. The van der Waals surface area contributed by atoms with Crippen LogP contribution in [0.1, 0.15) is 20.8 Å². The molecule has 130 valence electrons. The summed E-state index contributed by atoms with van der Waals surface area (Å²) in [6.07, 6.45) is 2.55. The fourth-order valence-electron chi connectivity index (χ4n) is 2.31. The fraction of sp³-hybridized carbons (Fsp3) is 0.438. The van der Waals surface area contributed by atoms with Crippen LogP contribution >= 0.6 is 0 Å². The maximum atomic E-state index is 12.1. The number of hydrogen-bond donors (Lipinski definition) is 1. The molecule has 1 heterocycles. The van der Waals surface area contributed by atoms with Crippen molar-refractivity contribution in [3.63, 3.8) is 0 Å². The van der Waals surface area contributed by atoms with Gasteiger partial charge in [0.1, 0.15) is 12.1 Å².